The Kier molecular flexibility index (Phi) is 3.49. The number of thiophene rings is 1. The summed E-state index contributed by atoms with van der Waals surface area (Å²) < 4.78 is 0. The second-order valence-electron chi connectivity index (χ2n) is 3.53. The first kappa shape index (κ1) is 11.0. The quantitative estimate of drug-likeness (QED) is 0.823. The Morgan fingerprint density at radius 1 is 1.19 bits per heavy atom. The lowest BCUT2D eigenvalue weighted by Gasteiger charge is -2.08. The van der Waals surface area contributed by atoms with E-state index >= 15 is 0 Å². The van der Waals surface area contributed by atoms with Crippen molar-refractivity contribution in [2.24, 2.45) is 0 Å². The number of aliphatic hydroxyl groups excluding tert-OH is 1. The van der Waals surface area contributed by atoms with E-state index in [1.165, 1.54) is 11.3 Å². The molecule has 0 amide bonds. The van der Waals surface area contributed by atoms with Crippen molar-refractivity contribution in [3.63, 3.8) is 0 Å². The van der Waals surface area contributed by atoms with Gasteiger partial charge < -0.3 is 5.11 Å². The molecular formula is C13H12O2S. The zero-order chi connectivity index (χ0) is 11.4. The highest BCUT2D eigenvalue weighted by atomic mass is 32.1. The van der Waals surface area contributed by atoms with E-state index in [0.29, 0.717) is 4.88 Å². The fraction of sp³-hybridized carbons (Fsp3) is 0.154. The van der Waals surface area contributed by atoms with Crippen LogP contribution in [0.15, 0.2) is 47.8 Å². The molecule has 16 heavy (non-hydrogen) atoms. The van der Waals surface area contributed by atoms with Crippen LogP contribution >= 0.6 is 11.3 Å². The molecule has 3 heteroatoms. The van der Waals surface area contributed by atoms with Crippen molar-refractivity contribution in [2.75, 3.05) is 0 Å². The number of carbonyl (C=O) groups is 1. The van der Waals surface area contributed by atoms with Gasteiger partial charge in [0.2, 0.25) is 0 Å². The van der Waals surface area contributed by atoms with E-state index in [1.54, 1.807) is 6.07 Å². The van der Waals surface area contributed by atoms with Crippen molar-refractivity contribution in [1.82, 2.24) is 0 Å². The van der Waals surface area contributed by atoms with Gasteiger partial charge in [0.1, 0.15) is 0 Å². The molecule has 0 saturated heterocycles. The third-order valence-corrected chi connectivity index (χ3v) is 3.27. The Morgan fingerprint density at radius 2 is 1.94 bits per heavy atom. The van der Waals surface area contributed by atoms with Crippen molar-refractivity contribution < 1.29 is 9.90 Å². The zero-order valence-electron chi connectivity index (χ0n) is 8.67. The normalized spacial score (nSPS) is 12.3. The second kappa shape index (κ2) is 5.05. The van der Waals surface area contributed by atoms with E-state index in [0.717, 1.165) is 5.56 Å². The van der Waals surface area contributed by atoms with E-state index in [4.69, 9.17) is 0 Å². The van der Waals surface area contributed by atoms with Crippen LogP contribution in [0, 0.1) is 0 Å². The number of benzene rings is 1. The minimum absolute atomic E-state index is 0.00801. The SMILES string of the molecule is O=C(CC(O)c1ccccc1)c1cccs1. The lowest BCUT2D eigenvalue weighted by molar-refractivity contribution is 0.0884. The molecule has 1 unspecified atom stereocenters. The highest BCUT2D eigenvalue weighted by molar-refractivity contribution is 7.12. The minimum Gasteiger partial charge on any atom is -0.388 e. The Bertz CT molecular complexity index is 448. The second-order valence-corrected chi connectivity index (χ2v) is 4.48. The zero-order valence-corrected chi connectivity index (χ0v) is 9.48. The van der Waals surface area contributed by atoms with Gasteiger partial charge in [0, 0.05) is 6.42 Å². The maximum absolute atomic E-state index is 11.7. The van der Waals surface area contributed by atoms with Crippen molar-refractivity contribution >= 4 is 17.1 Å². The van der Waals surface area contributed by atoms with Crippen LogP contribution in [0.1, 0.15) is 27.8 Å². The van der Waals surface area contributed by atoms with E-state index in [-0.39, 0.29) is 12.2 Å². The largest absolute Gasteiger partial charge is 0.388 e. The first-order valence-electron chi connectivity index (χ1n) is 5.07. The van der Waals surface area contributed by atoms with Crippen LogP contribution in [0.4, 0.5) is 0 Å². The number of hydrogen-bond acceptors (Lipinski definition) is 3. The fourth-order valence-corrected chi connectivity index (χ4v) is 2.18. The highest BCUT2D eigenvalue weighted by Crippen LogP contribution is 2.20. The number of rotatable bonds is 4. The predicted molar refractivity (Wildman–Crippen MR) is 64.7 cm³/mol. The summed E-state index contributed by atoms with van der Waals surface area (Å²) in [6.07, 6.45) is -0.569. The maximum Gasteiger partial charge on any atom is 0.175 e. The van der Waals surface area contributed by atoms with Gasteiger partial charge in [-0.15, -0.1) is 11.3 Å². The molecule has 0 saturated carbocycles. The molecule has 82 valence electrons. The molecule has 0 fully saturated rings. The first-order chi connectivity index (χ1) is 7.77. The maximum atomic E-state index is 11.7. The standard InChI is InChI=1S/C13H12O2S/c14-11(10-5-2-1-3-6-10)9-12(15)13-7-4-8-16-13/h1-8,11,14H,9H2. The Morgan fingerprint density at radius 3 is 2.56 bits per heavy atom. The van der Waals surface area contributed by atoms with Crippen LogP contribution in [0.25, 0.3) is 0 Å². The molecule has 0 spiro atoms. The lowest BCUT2D eigenvalue weighted by atomic mass is 10.0. The average Bonchev–Trinajstić information content (AvgIpc) is 2.83. The van der Waals surface area contributed by atoms with Gasteiger partial charge in [-0.3, -0.25) is 4.79 Å². The van der Waals surface area contributed by atoms with Gasteiger partial charge in [0.25, 0.3) is 0 Å². The summed E-state index contributed by atoms with van der Waals surface area (Å²) in [6.45, 7) is 0. The third kappa shape index (κ3) is 2.56. The van der Waals surface area contributed by atoms with Crippen molar-refractivity contribution in [1.29, 1.82) is 0 Å². The Balaban J connectivity index is 2.03. The van der Waals surface area contributed by atoms with Gasteiger partial charge in [0.05, 0.1) is 11.0 Å². The lowest BCUT2D eigenvalue weighted by Crippen LogP contribution is -2.05. The Labute approximate surface area is 98.2 Å². The molecule has 2 aromatic rings. The Hall–Kier alpha value is -1.45. The van der Waals surface area contributed by atoms with Crippen LogP contribution in [0.5, 0.6) is 0 Å². The molecule has 0 radical (unpaired) electrons. The van der Waals surface area contributed by atoms with Gasteiger partial charge in [-0.1, -0.05) is 36.4 Å². The molecule has 1 N–H and O–H groups in total. The molecular weight excluding hydrogens is 220 g/mol. The van der Waals surface area contributed by atoms with Crippen LogP contribution in [0.3, 0.4) is 0 Å². The molecule has 2 rings (SSSR count). The molecule has 0 aliphatic heterocycles. The fourth-order valence-electron chi connectivity index (χ4n) is 1.51. The van der Waals surface area contributed by atoms with Gasteiger partial charge in [-0.25, -0.2) is 0 Å². The summed E-state index contributed by atoms with van der Waals surface area (Å²) in [7, 11) is 0. The number of aliphatic hydroxyl groups is 1. The van der Waals surface area contributed by atoms with Crippen LogP contribution in [-0.4, -0.2) is 10.9 Å². The summed E-state index contributed by atoms with van der Waals surface area (Å²) in [5.41, 5.74) is 0.785. The molecule has 1 aromatic heterocycles. The molecule has 1 heterocycles. The van der Waals surface area contributed by atoms with Crippen molar-refractivity contribution in [2.45, 2.75) is 12.5 Å². The topological polar surface area (TPSA) is 37.3 Å². The first-order valence-corrected chi connectivity index (χ1v) is 5.95. The van der Waals surface area contributed by atoms with Crippen molar-refractivity contribution in [3.05, 3.63) is 58.3 Å². The van der Waals surface area contributed by atoms with Gasteiger partial charge >= 0.3 is 0 Å². The molecule has 0 aliphatic carbocycles. The summed E-state index contributed by atoms with van der Waals surface area (Å²) in [5, 5.41) is 11.7. The summed E-state index contributed by atoms with van der Waals surface area (Å²) >= 11 is 1.41. The number of ketones is 1. The van der Waals surface area contributed by atoms with Gasteiger partial charge in [-0.2, -0.15) is 0 Å². The summed E-state index contributed by atoms with van der Waals surface area (Å²) in [6, 6.07) is 12.9. The smallest absolute Gasteiger partial charge is 0.175 e. The van der Waals surface area contributed by atoms with Crippen LogP contribution in [-0.2, 0) is 0 Å². The van der Waals surface area contributed by atoms with E-state index in [1.807, 2.05) is 41.8 Å². The molecule has 0 bridgehead atoms. The highest BCUT2D eigenvalue weighted by Gasteiger charge is 2.14. The van der Waals surface area contributed by atoms with E-state index in [9.17, 15) is 9.90 Å². The summed E-state index contributed by atoms with van der Waals surface area (Å²) in [5.74, 6) is -0.00801. The minimum atomic E-state index is -0.712. The third-order valence-electron chi connectivity index (χ3n) is 2.36. The van der Waals surface area contributed by atoms with E-state index < -0.39 is 6.10 Å². The monoisotopic (exact) mass is 232 g/mol. The number of Topliss-reactive ketones (excluding diaryl/α,β-unsaturated/α-hetero) is 1. The molecule has 1 atom stereocenters. The molecule has 2 nitrogen and oxygen atoms in total. The van der Waals surface area contributed by atoms with E-state index in [2.05, 4.69) is 0 Å². The van der Waals surface area contributed by atoms with Crippen LogP contribution in [0.2, 0.25) is 0 Å². The average molecular weight is 232 g/mol. The summed E-state index contributed by atoms with van der Waals surface area (Å²) in [4.78, 5) is 12.4. The molecule has 1 aromatic carbocycles. The molecule has 0 aliphatic rings. The predicted octanol–water partition coefficient (Wildman–Crippen LogP) is 3.05. The van der Waals surface area contributed by atoms with Gasteiger partial charge in [-0.05, 0) is 17.0 Å². The number of carbonyl (C=O) groups excluding carboxylic acids is 1. The van der Waals surface area contributed by atoms with Crippen molar-refractivity contribution in [3.8, 4) is 0 Å². The van der Waals surface area contributed by atoms with Gasteiger partial charge in [0.15, 0.2) is 5.78 Å². The number of hydrogen-bond donors (Lipinski definition) is 1. The van der Waals surface area contributed by atoms with Crippen LogP contribution < -0.4 is 0 Å².